The number of carboxylic acid groups (broad SMARTS) is 1. The molecule has 0 spiro atoms. The van der Waals surface area contributed by atoms with E-state index >= 15 is 0 Å². The summed E-state index contributed by atoms with van der Waals surface area (Å²) in [4.78, 5) is 17.0. The highest BCUT2D eigenvalue weighted by Crippen LogP contribution is 2.22. The maximum atomic E-state index is 11.0. The molecule has 0 saturated heterocycles. The van der Waals surface area contributed by atoms with Gasteiger partial charge in [0.15, 0.2) is 5.69 Å². The fraction of sp³-hybridized carbons (Fsp3) is 0.0909. The Kier molecular flexibility index (Phi) is 2.59. The molecule has 82 valence electrons. The van der Waals surface area contributed by atoms with Crippen molar-refractivity contribution in [1.29, 1.82) is 0 Å². The second kappa shape index (κ2) is 4.06. The van der Waals surface area contributed by atoms with Crippen LogP contribution in [0.4, 0.5) is 0 Å². The smallest absolute Gasteiger partial charge is 0.357 e. The lowest BCUT2D eigenvalue weighted by molar-refractivity contribution is 0.0678. The Morgan fingerprint density at radius 3 is 2.62 bits per heavy atom. The molecule has 2 aromatic rings. The number of rotatable bonds is 3. The zero-order chi connectivity index (χ0) is 11.5. The Hall–Kier alpha value is -2.30. The van der Waals surface area contributed by atoms with Crippen LogP contribution in [0, 0.1) is 0 Å². The lowest BCUT2D eigenvalue weighted by Gasteiger charge is -1.97. The third-order valence-electron chi connectivity index (χ3n) is 2.17. The Bertz CT molecular complexity index is 505. The molecule has 16 heavy (non-hydrogen) atoms. The maximum absolute atomic E-state index is 11.0. The monoisotopic (exact) mass is 218 g/mol. The van der Waals surface area contributed by atoms with Gasteiger partial charge in [-0.3, -0.25) is 0 Å². The summed E-state index contributed by atoms with van der Waals surface area (Å²) in [7, 11) is 1.42. The van der Waals surface area contributed by atoms with Crippen molar-refractivity contribution >= 4 is 5.97 Å². The van der Waals surface area contributed by atoms with Crippen molar-refractivity contribution in [3.8, 4) is 11.1 Å². The minimum atomic E-state index is -1.07. The minimum absolute atomic E-state index is 0.0203. The van der Waals surface area contributed by atoms with E-state index in [4.69, 9.17) is 9.94 Å². The third kappa shape index (κ3) is 1.75. The molecule has 5 heteroatoms. The molecule has 5 nitrogen and oxygen atoms in total. The Morgan fingerprint density at radius 1 is 1.38 bits per heavy atom. The predicted octanol–water partition coefficient (Wildman–Crippen LogP) is 1.31. The molecule has 1 heterocycles. The predicted molar refractivity (Wildman–Crippen MR) is 57.1 cm³/mol. The van der Waals surface area contributed by atoms with Gasteiger partial charge in [-0.1, -0.05) is 30.3 Å². The van der Waals surface area contributed by atoms with Crippen LogP contribution in [-0.2, 0) is 0 Å². The van der Waals surface area contributed by atoms with Crippen LogP contribution in [0.3, 0.4) is 0 Å². The summed E-state index contributed by atoms with van der Waals surface area (Å²) in [6.45, 7) is 0. The molecular formula is C11H10N2O3. The van der Waals surface area contributed by atoms with Crippen LogP contribution < -0.4 is 4.84 Å². The molecule has 0 aliphatic rings. The molecule has 0 amide bonds. The summed E-state index contributed by atoms with van der Waals surface area (Å²) in [6.07, 6.45) is 1.54. The van der Waals surface area contributed by atoms with Crippen molar-refractivity contribution in [3.05, 3.63) is 42.2 Å². The van der Waals surface area contributed by atoms with Crippen LogP contribution in [0.15, 0.2) is 36.5 Å². The SMILES string of the molecule is COn1cc(-c2ccccc2)c(C(=O)O)n1. The first-order chi connectivity index (χ1) is 7.72. The summed E-state index contributed by atoms with van der Waals surface area (Å²) < 4.78 is 0. The molecule has 1 aromatic carbocycles. The second-order valence-corrected chi connectivity index (χ2v) is 3.15. The van der Waals surface area contributed by atoms with Gasteiger partial charge in [-0.05, 0) is 5.56 Å². The number of benzene rings is 1. The molecule has 1 N–H and O–H groups in total. The molecule has 1 aromatic heterocycles. The summed E-state index contributed by atoms with van der Waals surface area (Å²) in [5.74, 6) is -1.07. The number of nitrogens with zero attached hydrogens (tertiary/aromatic N) is 2. The zero-order valence-corrected chi connectivity index (χ0v) is 8.62. The lowest BCUT2D eigenvalue weighted by atomic mass is 10.1. The Labute approximate surface area is 91.8 Å². The van der Waals surface area contributed by atoms with E-state index in [0.29, 0.717) is 5.56 Å². The highest BCUT2D eigenvalue weighted by molar-refractivity contribution is 5.93. The van der Waals surface area contributed by atoms with E-state index in [2.05, 4.69) is 5.10 Å². The first-order valence-corrected chi connectivity index (χ1v) is 4.65. The van der Waals surface area contributed by atoms with Gasteiger partial charge in [-0.2, -0.15) is 0 Å². The number of aromatic carboxylic acids is 1. The lowest BCUT2D eigenvalue weighted by Crippen LogP contribution is -2.07. The van der Waals surface area contributed by atoms with Gasteiger partial charge >= 0.3 is 5.97 Å². The van der Waals surface area contributed by atoms with E-state index in [-0.39, 0.29) is 5.69 Å². The van der Waals surface area contributed by atoms with Crippen molar-refractivity contribution < 1.29 is 14.7 Å². The molecule has 0 aliphatic heterocycles. The van der Waals surface area contributed by atoms with E-state index in [0.717, 1.165) is 10.4 Å². The summed E-state index contributed by atoms with van der Waals surface area (Å²) >= 11 is 0. The standard InChI is InChI=1S/C11H10N2O3/c1-16-13-7-9(10(12-13)11(14)15)8-5-3-2-4-6-8/h2-7H,1H3,(H,14,15). The number of hydrogen-bond acceptors (Lipinski definition) is 3. The van der Waals surface area contributed by atoms with Crippen LogP contribution >= 0.6 is 0 Å². The Morgan fingerprint density at radius 2 is 2.06 bits per heavy atom. The van der Waals surface area contributed by atoms with Crippen molar-refractivity contribution in [2.24, 2.45) is 0 Å². The molecule has 0 aliphatic carbocycles. The molecule has 2 rings (SSSR count). The van der Waals surface area contributed by atoms with Crippen molar-refractivity contribution in [3.63, 3.8) is 0 Å². The molecule has 0 unspecified atom stereocenters. The van der Waals surface area contributed by atoms with Gasteiger partial charge < -0.3 is 9.94 Å². The van der Waals surface area contributed by atoms with Gasteiger partial charge in [-0.25, -0.2) is 4.79 Å². The van der Waals surface area contributed by atoms with Crippen molar-refractivity contribution in [2.45, 2.75) is 0 Å². The van der Waals surface area contributed by atoms with Gasteiger partial charge in [0.05, 0.1) is 6.20 Å². The zero-order valence-electron chi connectivity index (χ0n) is 8.62. The Balaban J connectivity index is 2.55. The quantitative estimate of drug-likeness (QED) is 0.843. The topological polar surface area (TPSA) is 64.3 Å². The fourth-order valence-electron chi connectivity index (χ4n) is 1.43. The first kappa shape index (κ1) is 10.2. The van der Waals surface area contributed by atoms with Crippen LogP contribution in [0.2, 0.25) is 0 Å². The van der Waals surface area contributed by atoms with Crippen molar-refractivity contribution in [2.75, 3.05) is 7.11 Å². The van der Waals surface area contributed by atoms with Gasteiger partial charge in [0.1, 0.15) is 7.11 Å². The average molecular weight is 218 g/mol. The van der Waals surface area contributed by atoms with E-state index in [1.165, 1.54) is 7.11 Å². The average Bonchev–Trinajstić information content (AvgIpc) is 2.74. The number of hydrogen-bond donors (Lipinski definition) is 1. The van der Waals surface area contributed by atoms with Gasteiger partial charge in [-0.15, -0.1) is 9.94 Å². The summed E-state index contributed by atoms with van der Waals surface area (Å²) in [5.41, 5.74) is 1.31. The summed E-state index contributed by atoms with van der Waals surface area (Å²) in [5, 5.41) is 12.8. The molecule has 0 atom stereocenters. The highest BCUT2D eigenvalue weighted by Gasteiger charge is 2.17. The number of carboxylic acids is 1. The number of carbonyl (C=O) groups is 1. The third-order valence-corrected chi connectivity index (χ3v) is 2.17. The van der Waals surface area contributed by atoms with Crippen LogP contribution in [0.5, 0.6) is 0 Å². The van der Waals surface area contributed by atoms with E-state index in [1.54, 1.807) is 6.20 Å². The van der Waals surface area contributed by atoms with E-state index in [9.17, 15) is 4.79 Å². The molecular weight excluding hydrogens is 208 g/mol. The van der Waals surface area contributed by atoms with E-state index in [1.807, 2.05) is 30.3 Å². The second-order valence-electron chi connectivity index (χ2n) is 3.15. The fourth-order valence-corrected chi connectivity index (χ4v) is 1.43. The van der Waals surface area contributed by atoms with Crippen LogP contribution in [-0.4, -0.2) is 28.1 Å². The van der Waals surface area contributed by atoms with Gasteiger partial charge in [0.2, 0.25) is 0 Å². The van der Waals surface area contributed by atoms with Crippen LogP contribution in [0.25, 0.3) is 11.1 Å². The maximum Gasteiger partial charge on any atom is 0.357 e. The molecule has 0 bridgehead atoms. The van der Waals surface area contributed by atoms with Gasteiger partial charge in [0, 0.05) is 5.56 Å². The highest BCUT2D eigenvalue weighted by atomic mass is 16.7. The first-order valence-electron chi connectivity index (χ1n) is 4.65. The van der Waals surface area contributed by atoms with Crippen molar-refractivity contribution in [1.82, 2.24) is 9.94 Å². The van der Waals surface area contributed by atoms with E-state index < -0.39 is 5.97 Å². The molecule has 0 saturated carbocycles. The molecule has 0 radical (unpaired) electrons. The van der Waals surface area contributed by atoms with Gasteiger partial charge in [0.25, 0.3) is 0 Å². The normalized spacial score (nSPS) is 10.1. The summed E-state index contributed by atoms with van der Waals surface area (Å²) in [6, 6.07) is 9.19. The number of aromatic nitrogens is 2. The molecule has 0 fully saturated rings. The van der Waals surface area contributed by atoms with Crippen LogP contribution in [0.1, 0.15) is 10.5 Å². The minimum Gasteiger partial charge on any atom is -0.476 e. The largest absolute Gasteiger partial charge is 0.476 e.